The first-order chi connectivity index (χ1) is 17.2. The normalized spacial score (nSPS) is 15.6. The Labute approximate surface area is 209 Å². The Morgan fingerprint density at radius 1 is 1.06 bits per heavy atom. The van der Waals surface area contributed by atoms with Crippen LogP contribution in [-0.4, -0.2) is 39.5 Å². The lowest BCUT2D eigenvalue weighted by atomic mass is 9.84. The molecule has 0 aliphatic carbocycles. The number of allylic oxidation sites excluding steroid dienone is 2. The summed E-state index contributed by atoms with van der Waals surface area (Å²) in [6.45, 7) is 4.03. The van der Waals surface area contributed by atoms with Gasteiger partial charge in [0.25, 0.3) is 0 Å². The summed E-state index contributed by atoms with van der Waals surface area (Å²) in [6.07, 6.45) is 4.18. The number of hydrogen-bond donors (Lipinski definition) is 0. The molecule has 0 spiro atoms. The fourth-order valence-electron chi connectivity index (χ4n) is 5.04. The van der Waals surface area contributed by atoms with Crippen LogP contribution >= 0.6 is 0 Å². The van der Waals surface area contributed by atoms with Crippen LogP contribution in [0.3, 0.4) is 0 Å². The highest BCUT2D eigenvalue weighted by molar-refractivity contribution is 5.99. The highest BCUT2D eigenvalue weighted by atomic mass is 19.2. The van der Waals surface area contributed by atoms with Crippen molar-refractivity contribution >= 4 is 16.6 Å². The second-order valence-corrected chi connectivity index (χ2v) is 9.84. The Kier molecular flexibility index (Phi) is 6.26. The van der Waals surface area contributed by atoms with E-state index in [1.165, 1.54) is 6.92 Å². The molecule has 1 aliphatic rings. The van der Waals surface area contributed by atoms with E-state index >= 15 is 4.39 Å². The standard InChI is InChI=1S/C29H28F2N4O/c1-17-5-8-24(28(31)27(17)30)29-26(18(2)11-23-14-22(16-34(3)4)33-35(23)29)25(36)13-19-6-7-21-15-32-10-9-20(21)12-19/h5-10,12,14-15,29H,11,13,16H2,1-4H3. The number of fused-ring (bicyclic) bond motifs is 2. The number of pyridine rings is 1. The van der Waals surface area contributed by atoms with Gasteiger partial charge in [-0.05, 0) is 56.6 Å². The minimum absolute atomic E-state index is 0.117. The maximum atomic E-state index is 15.4. The van der Waals surface area contributed by atoms with Gasteiger partial charge in [-0.2, -0.15) is 5.10 Å². The summed E-state index contributed by atoms with van der Waals surface area (Å²) < 4.78 is 31.8. The van der Waals surface area contributed by atoms with Crippen molar-refractivity contribution in [1.29, 1.82) is 0 Å². The summed E-state index contributed by atoms with van der Waals surface area (Å²) in [7, 11) is 3.89. The third kappa shape index (κ3) is 4.35. The summed E-state index contributed by atoms with van der Waals surface area (Å²) in [5.41, 5.74) is 4.21. The third-order valence-electron chi connectivity index (χ3n) is 6.74. The van der Waals surface area contributed by atoms with Crippen molar-refractivity contribution in [2.75, 3.05) is 14.1 Å². The van der Waals surface area contributed by atoms with E-state index < -0.39 is 17.7 Å². The van der Waals surface area contributed by atoms with Gasteiger partial charge >= 0.3 is 0 Å². The molecule has 1 aliphatic heterocycles. The number of halogens is 2. The zero-order valence-electron chi connectivity index (χ0n) is 20.8. The minimum Gasteiger partial charge on any atom is -0.304 e. The Hall–Kier alpha value is -3.71. The number of ketones is 1. The van der Waals surface area contributed by atoms with E-state index in [9.17, 15) is 9.18 Å². The number of hydrogen-bond acceptors (Lipinski definition) is 4. The number of carbonyl (C=O) groups excluding carboxylic acids is 1. The fourth-order valence-corrected chi connectivity index (χ4v) is 5.04. The lowest BCUT2D eigenvalue weighted by Gasteiger charge is -2.29. The molecule has 184 valence electrons. The van der Waals surface area contributed by atoms with Crippen molar-refractivity contribution in [2.24, 2.45) is 0 Å². The number of nitrogens with zero attached hydrogens (tertiary/aromatic N) is 4. The van der Waals surface area contributed by atoms with E-state index in [0.29, 0.717) is 18.5 Å². The predicted molar refractivity (Wildman–Crippen MR) is 136 cm³/mol. The number of aryl methyl sites for hydroxylation is 1. The van der Waals surface area contributed by atoms with Crippen molar-refractivity contribution in [3.8, 4) is 0 Å². The molecule has 2 aromatic heterocycles. The van der Waals surface area contributed by atoms with E-state index in [0.717, 1.165) is 33.3 Å². The van der Waals surface area contributed by atoms with Gasteiger partial charge in [-0.25, -0.2) is 8.78 Å². The van der Waals surface area contributed by atoms with Crippen molar-refractivity contribution in [2.45, 2.75) is 39.3 Å². The van der Waals surface area contributed by atoms with Gasteiger partial charge in [-0.15, -0.1) is 0 Å². The van der Waals surface area contributed by atoms with Crippen LogP contribution in [0.25, 0.3) is 10.8 Å². The highest BCUT2D eigenvalue weighted by Gasteiger charge is 2.35. The first kappa shape index (κ1) is 24.0. The quantitative estimate of drug-likeness (QED) is 0.369. The van der Waals surface area contributed by atoms with E-state index in [2.05, 4.69) is 4.98 Å². The predicted octanol–water partition coefficient (Wildman–Crippen LogP) is 5.35. The summed E-state index contributed by atoms with van der Waals surface area (Å²) >= 11 is 0. The smallest absolute Gasteiger partial charge is 0.165 e. The Morgan fingerprint density at radius 3 is 2.64 bits per heavy atom. The van der Waals surface area contributed by atoms with Crippen LogP contribution in [0.1, 0.15) is 41.0 Å². The van der Waals surface area contributed by atoms with Gasteiger partial charge in [0.15, 0.2) is 17.4 Å². The second-order valence-electron chi connectivity index (χ2n) is 9.84. The number of benzene rings is 2. The molecule has 4 aromatic rings. The van der Waals surface area contributed by atoms with Gasteiger partial charge in [0.05, 0.1) is 5.69 Å². The maximum absolute atomic E-state index is 15.4. The Balaban J connectivity index is 1.60. The molecule has 0 radical (unpaired) electrons. The average Bonchev–Trinajstić information content (AvgIpc) is 3.23. The molecular weight excluding hydrogens is 458 g/mol. The van der Waals surface area contributed by atoms with Gasteiger partial charge < -0.3 is 4.90 Å². The van der Waals surface area contributed by atoms with E-state index in [-0.39, 0.29) is 23.3 Å². The number of rotatable bonds is 6. The highest BCUT2D eigenvalue weighted by Crippen LogP contribution is 2.38. The second kappa shape index (κ2) is 9.39. The molecule has 1 atom stereocenters. The molecule has 0 fully saturated rings. The van der Waals surface area contributed by atoms with Gasteiger partial charge in [0, 0.05) is 54.0 Å². The summed E-state index contributed by atoms with van der Waals surface area (Å²) in [5.74, 6) is -1.96. The lowest BCUT2D eigenvalue weighted by molar-refractivity contribution is -0.115. The molecule has 3 heterocycles. The zero-order valence-corrected chi connectivity index (χ0v) is 20.8. The average molecular weight is 487 g/mol. The van der Waals surface area contributed by atoms with Crippen molar-refractivity contribution in [3.05, 3.63) is 106 Å². The molecule has 0 N–H and O–H groups in total. The fraction of sp³-hybridized carbons (Fsp3) is 0.276. The monoisotopic (exact) mass is 486 g/mol. The van der Waals surface area contributed by atoms with E-state index in [1.54, 1.807) is 29.2 Å². The van der Waals surface area contributed by atoms with Crippen LogP contribution in [0, 0.1) is 18.6 Å². The molecule has 2 aromatic carbocycles. The largest absolute Gasteiger partial charge is 0.304 e. The molecule has 0 saturated carbocycles. The van der Waals surface area contributed by atoms with Crippen LogP contribution in [-0.2, 0) is 24.2 Å². The van der Waals surface area contributed by atoms with Gasteiger partial charge in [0.1, 0.15) is 6.04 Å². The first-order valence-corrected chi connectivity index (χ1v) is 11.9. The zero-order chi connectivity index (χ0) is 25.6. The molecular formula is C29H28F2N4O. The van der Waals surface area contributed by atoms with Crippen LogP contribution in [0.4, 0.5) is 8.78 Å². The number of aromatic nitrogens is 3. The SMILES string of the molecule is CC1=C(C(=O)Cc2ccc3cnccc3c2)C(c2ccc(C)c(F)c2F)n2nc(CN(C)C)cc2C1. The molecule has 7 heteroatoms. The topological polar surface area (TPSA) is 51.0 Å². The molecule has 5 nitrogen and oxygen atoms in total. The van der Waals surface area contributed by atoms with Gasteiger partial charge in [-0.3, -0.25) is 14.5 Å². The summed E-state index contributed by atoms with van der Waals surface area (Å²) in [5, 5.41) is 6.74. The van der Waals surface area contributed by atoms with Crippen molar-refractivity contribution in [3.63, 3.8) is 0 Å². The number of carbonyl (C=O) groups is 1. The van der Waals surface area contributed by atoms with Gasteiger partial charge in [0.2, 0.25) is 0 Å². The third-order valence-corrected chi connectivity index (χ3v) is 6.74. The van der Waals surface area contributed by atoms with Crippen molar-refractivity contribution in [1.82, 2.24) is 19.7 Å². The summed E-state index contributed by atoms with van der Waals surface area (Å²) in [6, 6.07) is 12.0. The molecule has 0 saturated heterocycles. The molecule has 0 amide bonds. The van der Waals surface area contributed by atoms with E-state index in [4.69, 9.17) is 5.10 Å². The number of Topliss-reactive ketones (excluding diaryl/α,β-unsaturated/α-hetero) is 1. The van der Waals surface area contributed by atoms with Crippen LogP contribution in [0.5, 0.6) is 0 Å². The Bertz CT molecular complexity index is 1520. The van der Waals surface area contributed by atoms with Crippen molar-refractivity contribution < 1.29 is 13.6 Å². The molecule has 1 unspecified atom stereocenters. The molecule has 36 heavy (non-hydrogen) atoms. The minimum atomic E-state index is -0.936. The van der Waals surface area contributed by atoms with Crippen LogP contribution < -0.4 is 0 Å². The van der Waals surface area contributed by atoms with Gasteiger partial charge in [-0.1, -0.05) is 35.9 Å². The molecule has 0 bridgehead atoms. The Morgan fingerprint density at radius 2 is 1.86 bits per heavy atom. The van der Waals surface area contributed by atoms with E-state index in [1.807, 2.05) is 56.3 Å². The summed E-state index contributed by atoms with van der Waals surface area (Å²) in [4.78, 5) is 20.0. The first-order valence-electron chi connectivity index (χ1n) is 11.9. The molecule has 5 rings (SSSR count). The maximum Gasteiger partial charge on any atom is 0.165 e. The lowest BCUT2D eigenvalue weighted by Crippen LogP contribution is -2.29. The van der Waals surface area contributed by atoms with Crippen LogP contribution in [0.2, 0.25) is 0 Å². The van der Waals surface area contributed by atoms with Crippen LogP contribution in [0.15, 0.2) is 66.0 Å².